The lowest BCUT2D eigenvalue weighted by Crippen LogP contribution is -2.03. The largest absolute Gasteiger partial charge is 0.507 e. The highest BCUT2D eigenvalue weighted by molar-refractivity contribution is 5.91. The number of rotatable bonds is 6. The normalized spacial score (nSPS) is 9.26. The molecule has 2 rings (SSSR count). The van der Waals surface area contributed by atoms with Gasteiger partial charge in [0.2, 0.25) is 0 Å². The van der Waals surface area contributed by atoms with Gasteiger partial charge in [0.05, 0.1) is 26.4 Å². The third-order valence-electron chi connectivity index (χ3n) is 2.74. The van der Waals surface area contributed by atoms with Crippen molar-refractivity contribution in [3.63, 3.8) is 0 Å². The van der Waals surface area contributed by atoms with E-state index >= 15 is 0 Å². The van der Waals surface area contributed by atoms with E-state index in [9.17, 15) is 9.59 Å². The predicted octanol–water partition coefficient (Wildman–Crippen LogP) is 1.17. The second-order valence-electron chi connectivity index (χ2n) is 4.70. The SMILES string of the molecule is O=C(O)c1ccccc1O.O=C(O)c1ccccc1O.OCCOCCO. The Kier molecular flexibility index (Phi) is 12.4. The highest BCUT2D eigenvalue weighted by Crippen LogP contribution is 2.15. The topological polar surface area (TPSA) is 165 Å². The van der Waals surface area contributed by atoms with Crippen LogP contribution in [0.2, 0.25) is 0 Å². The van der Waals surface area contributed by atoms with Crippen LogP contribution >= 0.6 is 0 Å². The molecule has 27 heavy (non-hydrogen) atoms. The molecule has 2 aromatic rings. The van der Waals surface area contributed by atoms with E-state index in [0.717, 1.165) is 0 Å². The lowest BCUT2D eigenvalue weighted by atomic mass is 10.2. The number of aliphatic hydroxyl groups excluding tert-OH is 2. The maximum Gasteiger partial charge on any atom is 0.339 e. The number of aromatic hydroxyl groups is 2. The highest BCUT2D eigenvalue weighted by atomic mass is 16.5. The van der Waals surface area contributed by atoms with E-state index in [1.165, 1.54) is 24.3 Å². The van der Waals surface area contributed by atoms with Gasteiger partial charge < -0.3 is 35.4 Å². The van der Waals surface area contributed by atoms with Crippen molar-refractivity contribution >= 4 is 11.9 Å². The first-order valence-corrected chi connectivity index (χ1v) is 7.67. The molecule has 9 heteroatoms. The number of ether oxygens (including phenoxy) is 1. The minimum atomic E-state index is -1.11. The van der Waals surface area contributed by atoms with Crippen LogP contribution in [-0.2, 0) is 4.74 Å². The molecular formula is C18H22O9. The number of carboxylic acids is 2. The van der Waals surface area contributed by atoms with Gasteiger partial charge in [-0.2, -0.15) is 0 Å². The van der Waals surface area contributed by atoms with Crippen LogP contribution in [0.3, 0.4) is 0 Å². The Labute approximate surface area is 155 Å². The lowest BCUT2D eigenvalue weighted by molar-refractivity contribution is 0.0650. The van der Waals surface area contributed by atoms with Gasteiger partial charge in [-0.05, 0) is 24.3 Å². The molecule has 148 valence electrons. The molecule has 0 atom stereocenters. The molecule has 0 aromatic heterocycles. The fourth-order valence-electron chi connectivity index (χ4n) is 1.54. The van der Waals surface area contributed by atoms with Gasteiger partial charge in [-0.15, -0.1) is 0 Å². The van der Waals surface area contributed by atoms with Crippen molar-refractivity contribution in [3.8, 4) is 11.5 Å². The molecule has 0 heterocycles. The zero-order valence-corrected chi connectivity index (χ0v) is 14.4. The quantitative estimate of drug-likeness (QED) is 0.402. The molecule has 0 aliphatic rings. The Morgan fingerprint density at radius 3 is 1.26 bits per heavy atom. The number of aromatic carboxylic acids is 2. The molecule has 0 aliphatic carbocycles. The van der Waals surface area contributed by atoms with E-state index < -0.39 is 11.9 Å². The Bertz CT molecular complexity index is 641. The van der Waals surface area contributed by atoms with Gasteiger partial charge in [0.25, 0.3) is 0 Å². The van der Waals surface area contributed by atoms with E-state index in [4.69, 9.17) is 30.6 Å². The first-order valence-electron chi connectivity index (χ1n) is 7.67. The number of carbonyl (C=O) groups is 2. The first kappa shape index (κ1) is 23.9. The van der Waals surface area contributed by atoms with Gasteiger partial charge in [-0.3, -0.25) is 0 Å². The van der Waals surface area contributed by atoms with Crippen LogP contribution in [0, 0.1) is 0 Å². The van der Waals surface area contributed by atoms with Gasteiger partial charge in [-0.1, -0.05) is 24.3 Å². The Balaban J connectivity index is 0.000000384. The third-order valence-corrected chi connectivity index (χ3v) is 2.74. The van der Waals surface area contributed by atoms with Crippen molar-refractivity contribution in [2.75, 3.05) is 26.4 Å². The third kappa shape index (κ3) is 10.4. The zero-order chi connectivity index (χ0) is 20.7. The summed E-state index contributed by atoms with van der Waals surface area (Å²) in [6, 6.07) is 11.6. The fourth-order valence-corrected chi connectivity index (χ4v) is 1.54. The number of aliphatic hydroxyl groups is 2. The molecule has 0 bridgehead atoms. The van der Waals surface area contributed by atoms with E-state index in [2.05, 4.69) is 4.74 Å². The van der Waals surface area contributed by atoms with Gasteiger partial charge in [-0.25, -0.2) is 9.59 Å². The van der Waals surface area contributed by atoms with Crippen molar-refractivity contribution in [2.45, 2.75) is 0 Å². The predicted molar refractivity (Wildman–Crippen MR) is 95.1 cm³/mol. The number of hydrogen-bond donors (Lipinski definition) is 6. The van der Waals surface area contributed by atoms with Crippen molar-refractivity contribution in [1.29, 1.82) is 0 Å². The monoisotopic (exact) mass is 382 g/mol. The van der Waals surface area contributed by atoms with Gasteiger partial charge >= 0.3 is 11.9 Å². The van der Waals surface area contributed by atoms with Crippen LogP contribution in [0.5, 0.6) is 11.5 Å². The van der Waals surface area contributed by atoms with Crippen LogP contribution < -0.4 is 0 Å². The number of carboxylic acid groups (broad SMARTS) is 2. The van der Waals surface area contributed by atoms with Crippen LogP contribution in [0.4, 0.5) is 0 Å². The number of para-hydroxylation sites is 2. The van der Waals surface area contributed by atoms with Gasteiger partial charge in [0.15, 0.2) is 0 Å². The number of benzene rings is 2. The molecule has 0 unspecified atom stereocenters. The summed E-state index contributed by atoms with van der Waals surface area (Å²) >= 11 is 0. The maximum atomic E-state index is 10.3. The zero-order valence-electron chi connectivity index (χ0n) is 14.4. The summed E-state index contributed by atoms with van der Waals surface area (Å²) in [5, 5.41) is 50.8. The molecule has 0 fully saturated rings. The summed E-state index contributed by atoms with van der Waals surface area (Å²) in [4.78, 5) is 20.5. The van der Waals surface area contributed by atoms with E-state index in [0.29, 0.717) is 13.2 Å². The Morgan fingerprint density at radius 1 is 0.704 bits per heavy atom. The smallest absolute Gasteiger partial charge is 0.339 e. The Hall–Kier alpha value is -3.14. The molecule has 9 nitrogen and oxygen atoms in total. The molecule has 2 aromatic carbocycles. The van der Waals surface area contributed by atoms with Crippen molar-refractivity contribution in [3.05, 3.63) is 59.7 Å². The second-order valence-corrected chi connectivity index (χ2v) is 4.70. The van der Waals surface area contributed by atoms with Gasteiger partial charge in [0.1, 0.15) is 22.6 Å². The maximum absolute atomic E-state index is 10.3. The van der Waals surface area contributed by atoms with Gasteiger partial charge in [0, 0.05) is 0 Å². The van der Waals surface area contributed by atoms with Crippen molar-refractivity contribution in [2.24, 2.45) is 0 Å². The van der Waals surface area contributed by atoms with Crippen LogP contribution in [0.15, 0.2) is 48.5 Å². The van der Waals surface area contributed by atoms with E-state index in [1.807, 2.05) is 0 Å². The van der Waals surface area contributed by atoms with Crippen LogP contribution in [0.25, 0.3) is 0 Å². The molecule has 0 aliphatic heterocycles. The minimum Gasteiger partial charge on any atom is -0.507 e. The Morgan fingerprint density at radius 2 is 1.04 bits per heavy atom. The standard InChI is InChI=1S/2C7H6O3.C4H10O3/c2*8-6-4-2-1-3-5(6)7(9)10;5-1-3-7-4-2-6/h2*1-4,8H,(H,9,10);5-6H,1-4H2. The summed E-state index contributed by atoms with van der Waals surface area (Å²) in [5.74, 6) is -2.62. The summed E-state index contributed by atoms with van der Waals surface area (Å²) in [6.07, 6.45) is 0. The van der Waals surface area contributed by atoms with E-state index in [1.54, 1.807) is 24.3 Å². The lowest BCUT2D eigenvalue weighted by Gasteiger charge is -1.95. The molecule has 0 amide bonds. The molecule has 0 saturated heterocycles. The molecule has 6 N–H and O–H groups in total. The van der Waals surface area contributed by atoms with Crippen molar-refractivity contribution in [1.82, 2.24) is 0 Å². The summed E-state index contributed by atoms with van der Waals surface area (Å²) in [6.45, 7) is 0.696. The summed E-state index contributed by atoms with van der Waals surface area (Å²) in [5.41, 5.74) is -0.134. The summed E-state index contributed by atoms with van der Waals surface area (Å²) < 4.78 is 4.63. The van der Waals surface area contributed by atoms with E-state index in [-0.39, 0.29) is 35.8 Å². The summed E-state index contributed by atoms with van der Waals surface area (Å²) in [7, 11) is 0. The van der Waals surface area contributed by atoms with Crippen LogP contribution in [-0.4, -0.2) is 69.0 Å². The minimum absolute atomic E-state index is 0.0278. The molecule has 0 radical (unpaired) electrons. The fraction of sp³-hybridized carbons (Fsp3) is 0.222. The average molecular weight is 382 g/mol. The number of hydrogen-bond acceptors (Lipinski definition) is 7. The first-order chi connectivity index (χ1) is 12.8. The number of phenols is 2. The molecular weight excluding hydrogens is 360 g/mol. The highest BCUT2D eigenvalue weighted by Gasteiger charge is 2.06. The van der Waals surface area contributed by atoms with Crippen molar-refractivity contribution < 1.29 is 45.0 Å². The second kappa shape index (κ2) is 14.1. The molecule has 0 spiro atoms. The average Bonchev–Trinajstić information content (AvgIpc) is 2.63. The molecule has 0 saturated carbocycles. The van der Waals surface area contributed by atoms with Crippen LogP contribution in [0.1, 0.15) is 20.7 Å².